The Kier molecular flexibility index (Phi) is 5.37. The number of rotatable bonds is 3. The van der Waals surface area contributed by atoms with E-state index in [-0.39, 0.29) is 18.6 Å². The van der Waals surface area contributed by atoms with Crippen LogP contribution in [-0.2, 0) is 0 Å². The van der Waals surface area contributed by atoms with Crippen LogP contribution in [0.25, 0.3) is 0 Å². The summed E-state index contributed by atoms with van der Waals surface area (Å²) in [7, 11) is 3.92. The quantitative estimate of drug-likeness (QED) is 0.785. The Morgan fingerprint density at radius 2 is 2.29 bits per heavy atom. The van der Waals surface area contributed by atoms with Crippen molar-refractivity contribution in [1.82, 2.24) is 9.80 Å². The zero-order chi connectivity index (χ0) is 15.4. The maximum absolute atomic E-state index is 12.6. The predicted molar refractivity (Wildman–Crippen MR) is 82.3 cm³/mol. The van der Waals surface area contributed by atoms with Gasteiger partial charge in [-0.1, -0.05) is 11.8 Å². The monoisotopic (exact) mass is 308 g/mol. The lowest BCUT2D eigenvalue weighted by Gasteiger charge is -2.26. The highest BCUT2D eigenvalue weighted by Crippen LogP contribution is 2.24. The number of carbonyl (C=O) groups is 1. The van der Waals surface area contributed by atoms with Crippen molar-refractivity contribution < 1.29 is 15.0 Å². The van der Waals surface area contributed by atoms with Crippen LogP contribution in [-0.4, -0.2) is 71.9 Å². The molecule has 5 nitrogen and oxygen atoms in total. The standard InChI is InChI=1S/C15H20N2O3S/c1-16(2)9-11-8-12(19)10-17(11)15(20)14-6-5-13(21-14)4-3-7-18/h5-6,11-12,18-19H,7-10H2,1-2H3. The molecule has 21 heavy (non-hydrogen) atoms. The predicted octanol–water partition coefficient (Wildman–Crippen LogP) is 0.229. The van der Waals surface area contributed by atoms with E-state index < -0.39 is 6.10 Å². The summed E-state index contributed by atoms with van der Waals surface area (Å²) in [4.78, 5) is 17.7. The van der Waals surface area contributed by atoms with Gasteiger partial charge in [-0.15, -0.1) is 11.3 Å². The molecule has 2 unspecified atom stereocenters. The Morgan fingerprint density at radius 3 is 2.95 bits per heavy atom. The zero-order valence-corrected chi connectivity index (χ0v) is 13.1. The van der Waals surface area contributed by atoms with Gasteiger partial charge in [0.2, 0.25) is 0 Å². The summed E-state index contributed by atoms with van der Waals surface area (Å²) in [6.45, 7) is 0.933. The van der Waals surface area contributed by atoms with Gasteiger partial charge in [0.15, 0.2) is 0 Å². The van der Waals surface area contributed by atoms with Crippen LogP contribution in [0, 0.1) is 11.8 Å². The van der Waals surface area contributed by atoms with Crippen molar-refractivity contribution in [3.63, 3.8) is 0 Å². The summed E-state index contributed by atoms with van der Waals surface area (Å²) in [5.74, 6) is 5.32. The van der Waals surface area contributed by atoms with Crippen LogP contribution >= 0.6 is 11.3 Å². The third-order valence-electron chi connectivity index (χ3n) is 3.34. The van der Waals surface area contributed by atoms with Crippen molar-refractivity contribution in [1.29, 1.82) is 0 Å². The molecule has 0 bridgehead atoms. The Labute approximate surface area is 128 Å². The molecule has 1 aliphatic rings. The Bertz CT molecular complexity index is 559. The molecule has 1 amide bonds. The maximum Gasteiger partial charge on any atom is 0.264 e. The molecular weight excluding hydrogens is 288 g/mol. The van der Waals surface area contributed by atoms with Crippen LogP contribution in [0.2, 0.25) is 0 Å². The highest BCUT2D eigenvalue weighted by atomic mass is 32.1. The molecule has 0 aromatic carbocycles. The Morgan fingerprint density at radius 1 is 1.52 bits per heavy atom. The number of thiophene rings is 1. The van der Waals surface area contributed by atoms with Gasteiger partial charge in [-0.2, -0.15) is 0 Å². The van der Waals surface area contributed by atoms with Crippen LogP contribution in [0.4, 0.5) is 0 Å². The van der Waals surface area contributed by atoms with Gasteiger partial charge in [0.05, 0.1) is 15.9 Å². The number of nitrogens with zero attached hydrogens (tertiary/aromatic N) is 2. The number of β-amino-alcohol motifs (C(OH)–C–C–N with tert-alkyl or cyclic N) is 1. The van der Waals surface area contributed by atoms with Gasteiger partial charge < -0.3 is 20.0 Å². The molecule has 0 radical (unpaired) electrons. The highest BCUT2D eigenvalue weighted by molar-refractivity contribution is 7.14. The fourth-order valence-electron chi connectivity index (χ4n) is 2.52. The molecule has 1 aromatic heterocycles. The molecule has 2 rings (SSSR count). The molecule has 1 aromatic rings. The Balaban J connectivity index is 2.12. The first-order chi connectivity index (χ1) is 10.0. The SMILES string of the molecule is CN(C)CC1CC(O)CN1C(=O)c1ccc(C#CCO)s1. The number of likely N-dealkylation sites (N-methyl/N-ethyl adjacent to an activating group) is 1. The molecule has 1 aliphatic heterocycles. The third-order valence-corrected chi connectivity index (χ3v) is 4.33. The molecule has 2 N–H and O–H groups in total. The minimum atomic E-state index is -0.451. The van der Waals surface area contributed by atoms with E-state index in [1.807, 2.05) is 19.0 Å². The van der Waals surface area contributed by atoms with Crippen LogP contribution in [0.3, 0.4) is 0 Å². The van der Waals surface area contributed by atoms with E-state index in [0.29, 0.717) is 17.8 Å². The fourth-order valence-corrected chi connectivity index (χ4v) is 3.36. The van der Waals surface area contributed by atoms with Gasteiger partial charge in [0, 0.05) is 19.1 Å². The van der Waals surface area contributed by atoms with Crippen LogP contribution in [0.15, 0.2) is 12.1 Å². The lowest BCUT2D eigenvalue weighted by Crippen LogP contribution is -2.41. The lowest BCUT2D eigenvalue weighted by atomic mass is 10.2. The lowest BCUT2D eigenvalue weighted by molar-refractivity contribution is 0.0704. The van der Waals surface area contributed by atoms with E-state index in [9.17, 15) is 9.90 Å². The molecule has 1 saturated heterocycles. The van der Waals surface area contributed by atoms with Crippen molar-refractivity contribution in [3.05, 3.63) is 21.9 Å². The number of amides is 1. The van der Waals surface area contributed by atoms with Crippen molar-refractivity contribution in [2.45, 2.75) is 18.6 Å². The largest absolute Gasteiger partial charge is 0.391 e. The second-order valence-corrected chi connectivity index (χ2v) is 6.47. The summed E-state index contributed by atoms with van der Waals surface area (Å²) >= 11 is 1.32. The van der Waals surface area contributed by atoms with Gasteiger partial charge in [0.25, 0.3) is 5.91 Å². The molecule has 0 spiro atoms. The molecule has 114 valence electrons. The zero-order valence-electron chi connectivity index (χ0n) is 12.2. The van der Waals surface area contributed by atoms with Crippen molar-refractivity contribution in [2.24, 2.45) is 0 Å². The first kappa shape index (κ1) is 16.0. The normalized spacial score (nSPS) is 21.5. The molecule has 0 aliphatic carbocycles. The first-order valence-corrected chi connectivity index (χ1v) is 7.66. The average molecular weight is 308 g/mol. The van der Waals surface area contributed by atoms with Crippen LogP contribution < -0.4 is 0 Å². The molecule has 6 heteroatoms. The minimum absolute atomic E-state index is 0.0385. The molecule has 2 atom stereocenters. The number of aliphatic hydroxyl groups excluding tert-OH is 2. The van der Waals surface area contributed by atoms with Crippen molar-refractivity contribution >= 4 is 17.2 Å². The minimum Gasteiger partial charge on any atom is -0.391 e. The van der Waals surface area contributed by atoms with Crippen molar-refractivity contribution in [3.8, 4) is 11.8 Å². The number of aliphatic hydroxyl groups is 2. The molecule has 1 fully saturated rings. The van der Waals surface area contributed by atoms with Crippen LogP contribution in [0.1, 0.15) is 21.0 Å². The van der Waals surface area contributed by atoms with Gasteiger partial charge in [-0.3, -0.25) is 4.79 Å². The average Bonchev–Trinajstić information content (AvgIpc) is 3.02. The molecule has 2 heterocycles. The van der Waals surface area contributed by atoms with Crippen LogP contribution in [0.5, 0.6) is 0 Å². The summed E-state index contributed by atoms with van der Waals surface area (Å²) in [6, 6.07) is 3.58. The fraction of sp³-hybridized carbons (Fsp3) is 0.533. The summed E-state index contributed by atoms with van der Waals surface area (Å²) in [5, 5.41) is 18.5. The van der Waals surface area contributed by atoms with E-state index >= 15 is 0 Å². The van der Waals surface area contributed by atoms with E-state index in [2.05, 4.69) is 11.8 Å². The topological polar surface area (TPSA) is 64.0 Å². The molecular formula is C15H20N2O3S. The summed E-state index contributed by atoms with van der Waals surface area (Å²) in [6.07, 6.45) is 0.166. The third kappa shape index (κ3) is 4.05. The van der Waals surface area contributed by atoms with Crippen molar-refractivity contribution in [2.75, 3.05) is 33.8 Å². The first-order valence-electron chi connectivity index (χ1n) is 6.84. The van der Waals surface area contributed by atoms with E-state index in [1.165, 1.54) is 11.3 Å². The second-order valence-electron chi connectivity index (χ2n) is 5.39. The highest BCUT2D eigenvalue weighted by Gasteiger charge is 2.35. The second kappa shape index (κ2) is 7.05. The maximum atomic E-state index is 12.6. The van der Waals surface area contributed by atoms with Gasteiger partial charge in [0.1, 0.15) is 6.61 Å². The van der Waals surface area contributed by atoms with Gasteiger partial charge in [-0.25, -0.2) is 0 Å². The number of hydrogen-bond donors (Lipinski definition) is 2. The van der Waals surface area contributed by atoms with E-state index in [0.717, 1.165) is 11.4 Å². The van der Waals surface area contributed by atoms with E-state index in [4.69, 9.17) is 5.11 Å². The number of hydrogen-bond acceptors (Lipinski definition) is 5. The number of likely N-dealkylation sites (tertiary alicyclic amines) is 1. The smallest absolute Gasteiger partial charge is 0.264 e. The van der Waals surface area contributed by atoms with Gasteiger partial charge in [-0.05, 0) is 32.6 Å². The number of carbonyl (C=O) groups excluding carboxylic acids is 1. The molecule has 0 saturated carbocycles. The summed E-state index contributed by atoms with van der Waals surface area (Å²) < 4.78 is 0. The van der Waals surface area contributed by atoms with Gasteiger partial charge >= 0.3 is 0 Å². The van der Waals surface area contributed by atoms with E-state index in [1.54, 1.807) is 17.0 Å². The Hall–Kier alpha value is -1.39. The summed E-state index contributed by atoms with van der Waals surface area (Å²) in [5.41, 5.74) is 0.